The van der Waals surface area contributed by atoms with Gasteiger partial charge in [-0.25, -0.2) is 9.78 Å². The number of carbonyl (C=O) groups is 1. The summed E-state index contributed by atoms with van der Waals surface area (Å²) in [6, 6.07) is 7.09. The van der Waals surface area contributed by atoms with E-state index in [2.05, 4.69) is 57.9 Å². The van der Waals surface area contributed by atoms with Gasteiger partial charge in [-0.05, 0) is 76.4 Å². The summed E-state index contributed by atoms with van der Waals surface area (Å²) in [6.07, 6.45) is 2.69. The van der Waals surface area contributed by atoms with Crippen molar-refractivity contribution in [3.8, 4) is 11.5 Å². The number of carbonyl (C=O) groups excluding carboxylic acids is 1. The molecule has 0 saturated carbocycles. The third kappa shape index (κ3) is 6.50. The predicted octanol–water partition coefficient (Wildman–Crippen LogP) is 5.86. The van der Waals surface area contributed by atoms with Gasteiger partial charge in [-0.3, -0.25) is 4.79 Å². The van der Waals surface area contributed by atoms with Gasteiger partial charge in [-0.15, -0.1) is 0 Å². The number of fused-ring (bicyclic) bond motifs is 1. The summed E-state index contributed by atoms with van der Waals surface area (Å²) in [6.45, 7) is 5.27. The number of esters is 1. The quantitative estimate of drug-likeness (QED) is 0.209. The van der Waals surface area contributed by atoms with Crippen LogP contribution in [0.2, 0.25) is 0 Å². The van der Waals surface area contributed by atoms with E-state index in [0.717, 1.165) is 10.9 Å². The number of nitrogens with zero attached hydrogens (tertiary/aromatic N) is 3. The monoisotopic (exact) mass is 671 g/mol. The number of aromatic nitrogens is 2. The average molecular weight is 674 g/mol. The molecule has 2 aromatic carbocycles. The average Bonchev–Trinajstić information content (AvgIpc) is 2.80. The summed E-state index contributed by atoms with van der Waals surface area (Å²) in [5.74, 6) is 0.780. The molecule has 0 radical (unpaired) electrons. The molecule has 0 fully saturated rings. The minimum Gasteiger partial charge on any atom is -0.493 e. The highest BCUT2D eigenvalue weighted by Crippen LogP contribution is 2.42. The van der Waals surface area contributed by atoms with Crippen LogP contribution in [0.3, 0.4) is 0 Å². The second-order valence-electron chi connectivity index (χ2n) is 7.75. The Bertz CT molecular complexity index is 1340. The van der Waals surface area contributed by atoms with E-state index in [0.29, 0.717) is 49.2 Å². The Morgan fingerprint density at radius 2 is 1.94 bits per heavy atom. The van der Waals surface area contributed by atoms with Crippen molar-refractivity contribution in [2.24, 2.45) is 5.10 Å². The molecule has 0 saturated heterocycles. The fraction of sp³-hybridized carbons (Fsp3) is 0.333. The molecular formula is C24H24Br3N3O5. The van der Waals surface area contributed by atoms with E-state index >= 15 is 0 Å². The fourth-order valence-corrected chi connectivity index (χ4v) is 4.53. The van der Waals surface area contributed by atoms with Gasteiger partial charge in [-0.2, -0.15) is 9.78 Å². The van der Waals surface area contributed by atoms with Crippen LogP contribution in [-0.4, -0.2) is 41.7 Å². The molecule has 8 nitrogen and oxygen atoms in total. The van der Waals surface area contributed by atoms with Crippen LogP contribution >= 0.6 is 47.8 Å². The number of hydrogen-bond acceptors (Lipinski definition) is 7. The van der Waals surface area contributed by atoms with Gasteiger partial charge in [0.05, 0.1) is 34.8 Å². The Morgan fingerprint density at radius 1 is 1.20 bits per heavy atom. The zero-order valence-corrected chi connectivity index (χ0v) is 24.4. The maximum Gasteiger partial charge on any atom is 0.344 e. The zero-order chi connectivity index (χ0) is 25.7. The molecule has 0 amide bonds. The molecule has 11 heteroatoms. The van der Waals surface area contributed by atoms with E-state index in [1.807, 2.05) is 19.1 Å². The third-order valence-electron chi connectivity index (χ3n) is 4.74. The molecule has 0 atom stereocenters. The van der Waals surface area contributed by atoms with Gasteiger partial charge in [0.15, 0.2) is 18.1 Å². The lowest BCUT2D eigenvalue weighted by Crippen LogP contribution is -2.22. The summed E-state index contributed by atoms with van der Waals surface area (Å²) in [5, 5.41) is 4.93. The van der Waals surface area contributed by atoms with Crippen molar-refractivity contribution >= 4 is 70.9 Å². The van der Waals surface area contributed by atoms with E-state index < -0.39 is 5.97 Å². The van der Waals surface area contributed by atoms with Gasteiger partial charge in [0, 0.05) is 20.9 Å². The summed E-state index contributed by atoms with van der Waals surface area (Å²) >= 11 is 10.4. The molecule has 0 spiro atoms. The second kappa shape index (κ2) is 12.1. The number of aryl methyl sites for hydroxylation is 1. The standard InChI is InChI=1S/C24H24Br3N3O5/c1-5-6-19-29-17-8-7-15(25)10-16(17)24(32)30(19)28-11-14-9-18(33-4)23(22(27)21(14)26)34-12-20(31)35-13(2)3/h7-11,13H,5-6,12H2,1-4H3. The molecule has 0 aliphatic heterocycles. The predicted molar refractivity (Wildman–Crippen MR) is 146 cm³/mol. The Hall–Kier alpha value is -2.24. The van der Waals surface area contributed by atoms with Crippen molar-refractivity contribution in [2.75, 3.05) is 13.7 Å². The topological polar surface area (TPSA) is 92.0 Å². The minimum absolute atomic E-state index is 0.242. The van der Waals surface area contributed by atoms with Crippen LogP contribution in [0, 0.1) is 0 Å². The van der Waals surface area contributed by atoms with Gasteiger partial charge in [0.25, 0.3) is 5.56 Å². The van der Waals surface area contributed by atoms with Gasteiger partial charge >= 0.3 is 5.97 Å². The second-order valence-corrected chi connectivity index (χ2v) is 10.3. The molecule has 0 aliphatic rings. The molecule has 0 bridgehead atoms. The molecule has 0 N–H and O–H groups in total. The lowest BCUT2D eigenvalue weighted by molar-refractivity contribution is -0.149. The number of hydrogen-bond donors (Lipinski definition) is 0. The first-order valence-electron chi connectivity index (χ1n) is 10.8. The van der Waals surface area contributed by atoms with Crippen molar-refractivity contribution in [3.05, 3.63) is 59.4 Å². The number of benzene rings is 2. The largest absolute Gasteiger partial charge is 0.493 e. The first kappa shape index (κ1) is 27.3. The molecule has 0 aliphatic carbocycles. The molecule has 1 aromatic heterocycles. The maximum atomic E-state index is 13.2. The zero-order valence-electron chi connectivity index (χ0n) is 19.6. The molecule has 3 aromatic rings. The normalized spacial score (nSPS) is 11.4. The third-order valence-corrected chi connectivity index (χ3v) is 7.37. The highest BCUT2D eigenvalue weighted by molar-refractivity contribution is 9.13. The Morgan fingerprint density at radius 3 is 2.60 bits per heavy atom. The van der Waals surface area contributed by atoms with E-state index in [4.69, 9.17) is 14.2 Å². The molecular weight excluding hydrogens is 650 g/mol. The van der Waals surface area contributed by atoms with Gasteiger partial charge in [-0.1, -0.05) is 22.9 Å². The minimum atomic E-state index is -0.492. The molecule has 186 valence electrons. The van der Waals surface area contributed by atoms with Crippen molar-refractivity contribution in [3.63, 3.8) is 0 Å². The Kier molecular flexibility index (Phi) is 9.48. The van der Waals surface area contributed by atoms with Crippen LogP contribution in [0.25, 0.3) is 10.9 Å². The summed E-state index contributed by atoms with van der Waals surface area (Å²) in [5.41, 5.74) is 0.979. The Balaban J connectivity index is 2.02. The van der Waals surface area contributed by atoms with Crippen LogP contribution in [0.4, 0.5) is 0 Å². The molecule has 0 unspecified atom stereocenters. The van der Waals surface area contributed by atoms with E-state index in [1.54, 1.807) is 32.2 Å². The van der Waals surface area contributed by atoms with Crippen LogP contribution in [0.1, 0.15) is 38.6 Å². The first-order chi connectivity index (χ1) is 16.7. The highest BCUT2D eigenvalue weighted by atomic mass is 79.9. The van der Waals surface area contributed by atoms with Crippen LogP contribution in [0.5, 0.6) is 11.5 Å². The van der Waals surface area contributed by atoms with Gasteiger partial charge in [0.2, 0.25) is 0 Å². The summed E-state index contributed by atoms with van der Waals surface area (Å²) in [7, 11) is 1.49. The van der Waals surface area contributed by atoms with Crippen molar-refractivity contribution < 1.29 is 19.0 Å². The fourth-order valence-electron chi connectivity index (χ4n) is 3.23. The van der Waals surface area contributed by atoms with Gasteiger partial charge < -0.3 is 14.2 Å². The number of halogens is 3. The van der Waals surface area contributed by atoms with Crippen molar-refractivity contribution in [1.82, 2.24) is 9.66 Å². The lowest BCUT2D eigenvalue weighted by Gasteiger charge is -2.15. The van der Waals surface area contributed by atoms with Crippen LogP contribution in [-0.2, 0) is 16.0 Å². The van der Waals surface area contributed by atoms with Crippen LogP contribution in [0.15, 0.2) is 47.6 Å². The number of methoxy groups -OCH3 is 1. The summed E-state index contributed by atoms with van der Waals surface area (Å²) < 4.78 is 19.5. The van der Waals surface area contributed by atoms with E-state index in [-0.39, 0.29) is 18.3 Å². The van der Waals surface area contributed by atoms with Crippen LogP contribution < -0.4 is 15.0 Å². The number of ether oxygens (including phenoxy) is 3. The van der Waals surface area contributed by atoms with Gasteiger partial charge in [0.1, 0.15) is 5.82 Å². The van der Waals surface area contributed by atoms with E-state index in [1.165, 1.54) is 11.8 Å². The summed E-state index contributed by atoms with van der Waals surface area (Å²) in [4.78, 5) is 29.8. The number of rotatable bonds is 9. The first-order valence-corrected chi connectivity index (χ1v) is 13.2. The van der Waals surface area contributed by atoms with Crippen molar-refractivity contribution in [2.45, 2.75) is 39.7 Å². The Labute approximate surface area is 228 Å². The van der Waals surface area contributed by atoms with E-state index in [9.17, 15) is 9.59 Å². The SMILES string of the molecule is CCCc1nc2ccc(Br)cc2c(=O)n1N=Cc1cc(OC)c(OCC(=O)OC(C)C)c(Br)c1Br. The lowest BCUT2D eigenvalue weighted by atomic mass is 10.2. The smallest absolute Gasteiger partial charge is 0.344 e. The maximum absolute atomic E-state index is 13.2. The van der Waals surface area contributed by atoms with Crippen molar-refractivity contribution in [1.29, 1.82) is 0 Å². The molecule has 1 heterocycles. The molecule has 35 heavy (non-hydrogen) atoms. The highest BCUT2D eigenvalue weighted by Gasteiger charge is 2.19. The molecule has 3 rings (SSSR count).